The average molecular weight is 359 g/mol. The number of benzene rings is 1. The van der Waals surface area contributed by atoms with E-state index in [2.05, 4.69) is 26.0 Å². The molecule has 0 aromatic heterocycles. The number of hydrogen-bond acceptors (Lipinski definition) is 3. The minimum atomic E-state index is -0.207. The highest BCUT2D eigenvalue weighted by Crippen LogP contribution is 2.19. The Kier molecular flexibility index (Phi) is 6.69. The molecule has 5 heteroatoms. The molecule has 142 valence electrons. The van der Waals surface area contributed by atoms with E-state index in [4.69, 9.17) is 9.47 Å². The van der Waals surface area contributed by atoms with Crippen molar-refractivity contribution in [3.63, 3.8) is 0 Å². The van der Waals surface area contributed by atoms with E-state index in [0.717, 1.165) is 44.6 Å². The summed E-state index contributed by atoms with van der Waals surface area (Å²) in [6, 6.07) is 9.99. The van der Waals surface area contributed by atoms with Crippen LogP contribution in [0.3, 0.4) is 0 Å². The zero-order valence-electron chi connectivity index (χ0n) is 15.9. The van der Waals surface area contributed by atoms with Crippen LogP contribution in [0.2, 0.25) is 0 Å². The summed E-state index contributed by atoms with van der Waals surface area (Å²) in [6.07, 6.45) is 6.90. The van der Waals surface area contributed by atoms with Crippen molar-refractivity contribution in [2.45, 2.75) is 51.5 Å². The molecule has 1 amide bonds. The van der Waals surface area contributed by atoms with Crippen LogP contribution in [-0.4, -0.2) is 55.4 Å². The van der Waals surface area contributed by atoms with Crippen LogP contribution in [0.5, 0.6) is 0 Å². The molecule has 2 aliphatic heterocycles. The summed E-state index contributed by atoms with van der Waals surface area (Å²) in [5.41, 5.74) is 1.02. The zero-order chi connectivity index (χ0) is 18.4. The molecule has 0 saturated carbocycles. The lowest BCUT2D eigenvalue weighted by Crippen LogP contribution is -3.15. The summed E-state index contributed by atoms with van der Waals surface area (Å²) in [6.45, 7) is 8.47. The van der Waals surface area contributed by atoms with E-state index in [9.17, 15) is 4.79 Å². The van der Waals surface area contributed by atoms with E-state index in [1.807, 2.05) is 35.2 Å². The molecule has 3 rings (SSSR count). The summed E-state index contributed by atoms with van der Waals surface area (Å²) in [7, 11) is 0. The highest BCUT2D eigenvalue weighted by atomic mass is 16.6. The minimum absolute atomic E-state index is 0.161. The van der Waals surface area contributed by atoms with Crippen LogP contribution in [-0.2, 0) is 16.1 Å². The lowest BCUT2D eigenvalue weighted by atomic mass is 10.2. The first kappa shape index (κ1) is 18.9. The van der Waals surface area contributed by atoms with Crippen LogP contribution in [0.15, 0.2) is 42.5 Å². The summed E-state index contributed by atoms with van der Waals surface area (Å²) < 4.78 is 11.3. The van der Waals surface area contributed by atoms with E-state index >= 15 is 0 Å². The van der Waals surface area contributed by atoms with Gasteiger partial charge in [0.1, 0.15) is 31.9 Å². The van der Waals surface area contributed by atoms with Crippen LogP contribution in [0.4, 0.5) is 4.79 Å². The van der Waals surface area contributed by atoms with Gasteiger partial charge < -0.3 is 19.3 Å². The summed E-state index contributed by atoms with van der Waals surface area (Å²) >= 11 is 0. The number of rotatable bonds is 5. The molecule has 0 aliphatic carbocycles. The van der Waals surface area contributed by atoms with Gasteiger partial charge in [-0.1, -0.05) is 36.4 Å². The third-order valence-corrected chi connectivity index (χ3v) is 5.12. The van der Waals surface area contributed by atoms with Gasteiger partial charge >= 0.3 is 6.09 Å². The summed E-state index contributed by atoms with van der Waals surface area (Å²) in [5.74, 6) is 0. The maximum atomic E-state index is 12.4. The van der Waals surface area contributed by atoms with Crippen LogP contribution in [0.25, 0.3) is 0 Å². The fourth-order valence-electron chi connectivity index (χ4n) is 3.97. The molecular formula is C21H31N2O3+. The number of likely N-dealkylation sites (tertiary alicyclic amines) is 1. The molecule has 3 atom stereocenters. The molecule has 0 radical (unpaired) electrons. The highest BCUT2D eigenvalue weighted by Gasteiger charge is 2.28. The number of hydrogen-bond donors (Lipinski definition) is 1. The van der Waals surface area contributed by atoms with Gasteiger partial charge in [-0.3, -0.25) is 0 Å². The maximum Gasteiger partial charge on any atom is 0.410 e. The Morgan fingerprint density at radius 3 is 2.73 bits per heavy atom. The van der Waals surface area contributed by atoms with E-state index in [1.54, 1.807) is 4.90 Å². The van der Waals surface area contributed by atoms with Gasteiger partial charge in [-0.15, -0.1) is 0 Å². The van der Waals surface area contributed by atoms with E-state index in [-0.39, 0.29) is 12.1 Å². The Labute approximate surface area is 156 Å². The normalized spacial score (nSPS) is 29.2. The molecule has 26 heavy (non-hydrogen) atoms. The number of nitrogens with one attached hydrogen (secondary N) is 1. The number of amides is 1. The second-order valence-electron chi connectivity index (χ2n) is 7.49. The second kappa shape index (κ2) is 9.19. The molecule has 5 nitrogen and oxygen atoms in total. The van der Waals surface area contributed by atoms with Gasteiger partial charge in [0.15, 0.2) is 0 Å². The van der Waals surface area contributed by atoms with Crippen molar-refractivity contribution >= 4 is 6.09 Å². The van der Waals surface area contributed by atoms with E-state index < -0.39 is 0 Å². The molecule has 2 saturated heterocycles. The molecule has 1 aromatic carbocycles. The number of quaternary nitrogens is 1. The van der Waals surface area contributed by atoms with Crippen molar-refractivity contribution in [3.8, 4) is 0 Å². The molecule has 2 aliphatic rings. The van der Waals surface area contributed by atoms with Crippen LogP contribution in [0.1, 0.15) is 32.3 Å². The Morgan fingerprint density at radius 1 is 1.27 bits per heavy atom. The largest absolute Gasteiger partial charge is 0.445 e. The molecule has 1 aromatic rings. The highest BCUT2D eigenvalue weighted by molar-refractivity contribution is 5.68. The quantitative estimate of drug-likeness (QED) is 0.818. The number of ether oxygens (including phenoxy) is 2. The lowest BCUT2D eigenvalue weighted by molar-refractivity contribution is -0.909. The van der Waals surface area contributed by atoms with E-state index in [1.165, 1.54) is 0 Å². The number of nitrogens with zero attached hydrogens (tertiary/aromatic N) is 1. The van der Waals surface area contributed by atoms with Gasteiger partial charge in [-0.05, 0) is 38.3 Å². The van der Waals surface area contributed by atoms with Gasteiger partial charge in [-0.25, -0.2) is 4.79 Å². The fraction of sp³-hybridized carbons (Fsp3) is 0.571. The van der Waals surface area contributed by atoms with Crippen LogP contribution < -0.4 is 4.90 Å². The first-order valence-electron chi connectivity index (χ1n) is 9.75. The predicted octanol–water partition coefficient (Wildman–Crippen LogP) is 2.04. The minimum Gasteiger partial charge on any atom is -0.445 e. The van der Waals surface area contributed by atoms with Crippen molar-refractivity contribution < 1.29 is 19.2 Å². The average Bonchev–Trinajstić information content (AvgIpc) is 3.08. The Morgan fingerprint density at radius 2 is 2.00 bits per heavy atom. The zero-order valence-corrected chi connectivity index (χ0v) is 15.9. The van der Waals surface area contributed by atoms with Crippen molar-refractivity contribution in [3.05, 3.63) is 48.0 Å². The molecule has 0 spiro atoms. The smallest absolute Gasteiger partial charge is 0.410 e. The molecule has 1 N–H and O–H groups in total. The van der Waals surface area contributed by atoms with Crippen molar-refractivity contribution in [1.82, 2.24) is 4.90 Å². The first-order chi connectivity index (χ1) is 12.6. The van der Waals surface area contributed by atoms with Crippen LogP contribution in [0, 0.1) is 0 Å². The topological polar surface area (TPSA) is 43.2 Å². The Hall–Kier alpha value is -1.85. The van der Waals surface area contributed by atoms with Crippen molar-refractivity contribution in [2.75, 3.05) is 26.2 Å². The van der Waals surface area contributed by atoms with Crippen molar-refractivity contribution in [2.24, 2.45) is 0 Å². The molecule has 0 unspecified atom stereocenters. The maximum absolute atomic E-state index is 12.4. The second-order valence-corrected chi connectivity index (χ2v) is 7.49. The van der Waals surface area contributed by atoms with Gasteiger partial charge in [0.25, 0.3) is 0 Å². The number of carbonyl (C=O) groups excluding carboxylic acids is 1. The SMILES string of the molecule is C[C@@H]1C[NH+](C/C=C/[C@@H]2CCCN2C(=O)OCc2ccccc2)C[C@@H](C)O1. The molecule has 2 heterocycles. The Balaban J connectivity index is 1.47. The van der Waals surface area contributed by atoms with Gasteiger partial charge in [0, 0.05) is 6.54 Å². The number of morpholine rings is 1. The van der Waals surface area contributed by atoms with Crippen molar-refractivity contribution in [1.29, 1.82) is 0 Å². The third kappa shape index (κ3) is 5.32. The standard InChI is InChI=1S/C21H30N2O3/c1-17-14-22(15-18(2)26-17)12-6-10-20-11-7-13-23(20)21(24)25-16-19-8-4-3-5-9-19/h3-6,8-10,17-18,20H,7,11-16H2,1-2H3/p+1/b10-6+/t17-,18-,20-/m1/s1. The van der Waals surface area contributed by atoms with E-state index in [0.29, 0.717) is 18.8 Å². The fourth-order valence-corrected chi connectivity index (χ4v) is 3.97. The lowest BCUT2D eigenvalue weighted by Gasteiger charge is -2.31. The van der Waals surface area contributed by atoms with Gasteiger partial charge in [0.2, 0.25) is 0 Å². The predicted molar refractivity (Wildman–Crippen MR) is 101 cm³/mol. The summed E-state index contributed by atoms with van der Waals surface area (Å²) in [4.78, 5) is 15.8. The van der Waals surface area contributed by atoms with Gasteiger partial charge in [0.05, 0.1) is 12.6 Å². The summed E-state index contributed by atoms with van der Waals surface area (Å²) in [5, 5.41) is 0. The number of carbonyl (C=O) groups is 1. The molecule has 2 fully saturated rings. The van der Waals surface area contributed by atoms with Crippen LogP contribution >= 0.6 is 0 Å². The first-order valence-corrected chi connectivity index (χ1v) is 9.75. The molecule has 0 bridgehead atoms. The molecular weight excluding hydrogens is 328 g/mol. The monoisotopic (exact) mass is 359 g/mol. The Bertz CT molecular complexity index is 595. The third-order valence-electron chi connectivity index (χ3n) is 5.12. The van der Waals surface area contributed by atoms with Gasteiger partial charge in [-0.2, -0.15) is 0 Å².